The molecule has 0 atom stereocenters. The van der Waals surface area contributed by atoms with E-state index in [0.717, 1.165) is 16.4 Å². The largest absolute Gasteiger partial charge is 0.398 e. The van der Waals surface area contributed by atoms with Gasteiger partial charge in [-0.25, -0.2) is 0 Å². The lowest BCUT2D eigenvalue weighted by Crippen LogP contribution is -1.83. The average molecular weight is 212 g/mol. The quantitative estimate of drug-likeness (QED) is 0.582. The fraction of sp³-hybridized carbons (Fsp3) is 0. The third kappa shape index (κ3) is 1.41. The van der Waals surface area contributed by atoms with E-state index in [1.165, 1.54) is 11.3 Å². The lowest BCUT2D eigenvalue weighted by molar-refractivity contribution is 0.112. The van der Waals surface area contributed by atoms with Crippen molar-refractivity contribution in [2.45, 2.75) is 0 Å². The first-order valence-corrected chi connectivity index (χ1v) is 4.84. The molecule has 0 saturated carbocycles. The average Bonchev–Trinajstić information content (AvgIpc) is 2.47. The van der Waals surface area contributed by atoms with Gasteiger partial charge in [0.1, 0.15) is 0 Å². The number of carbonyl (C=O) groups excluding carboxylic acids is 1. The van der Waals surface area contributed by atoms with Gasteiger partial charge in [0.2, 0.25) is 0 Å². The van der Waals surface area contributed by atoms with Crippen molar-refractivity contribution in [2.75, 3.05) is 5.73 Å². The number of benzene rings is 1. The summed E-state index contributed by atoms with van der Waals surface area (Å²) < 4.78 is 0.951. The number of carbonyl (C=O) groups is 1. The molecule has 0 radical (unpaired) electrons. The molecule has 1 aromatic heterocycles. The molecule has 2 nitrogen and oxygen atoms in total. The molecule has 0 aliphatic carbocycles. The van der Waals surface area contributed by atoms with E-state index >= 15 is 0 Å². The van der Waals surface area contributed by atoms with Crippen LogP contribution in [0.15, 0.2) is 18.2 Å². The summed E-state index contributed by atoms with van der Waals surface area (Å²) >= 11 is 7.21. The predicted octanol–water partition coefficient (Wildman–Crippen LogP) is 2.95. The molecule has 0 aliphatic heterocycles. The third-order valence-electron chi connectivity index (χ3n) is 1.77. The van der Waals surface area contributed by atoms with E-state index in [1.54, 1.807) is 12.1 Å². The molecule has 2 rings (SSSR count). The van der Waals surface area contributed by atoms with Gasteiger partial charge in [-0.15, -0.1) is 11.3 Å². The Bertz CT molecular complexity index is 478. The molecule has 0 spiro atoms. The Morgan fingerprint density at radius 3 is 2.85 bits per heavy atom. The highest BCUT2D eigenvalue weighted by Crippen LogP contribution is 2.31. The summed E-state index contributed by atoms with van der Waals surface area (Å²) in [6, 6.07) is 5.27. The zero-order chi connectivity index (χ0) is 9.42. The van der Waals surface area contributed by atoms with Crippen molar-refractivity contribution < 1.29 is 4.79 Å². The van der Waals surface area contributed by atoms with Crippen LogP contribution >= 0.6 is 22.9 Å². The summed E-state index contributed by atoms with van der Waals surface area (Å²) in [5.41, 5.74) is 6.35. The van der Waals surface area contributed by atoms with Gasteiger partial charge in [-0.05, 0) is 18.2 Å². The van der Waals surface area contributed by atoms with E-state index in [-0.39, 0.29) is 0 Å². The minimum Gasteiger partial charge on any atom is -0.398 e. The molecule has 0 fully saturated rings. The van der Waals surface area contributed by atoms with Crippen LogP contribution in [0.2, 0.25) is 5.02 Å². The van der Waals surface area contributed by atoms with Crippen molar-refractivity contribution in [1.82, 2.24) is 0 Å². The van der Waals surface area contributed by atoms with Gasteiger partial charge in [-0.3, -0.25) is 4.79 Å². The van der Waals surface area contributed by atoms with Crippen molar-refractivity contribution >= 4 is 45.0 Å². The minimum absolute atomic E-state index is 0.601. The highest BCUT2D eigenvalue weighted by Gasteiger charge is 2.04. The molecular weight excluding hydrogens is 206 g/mol. The monoisotopic (exact) mass is 211 g/mol. The molecule has 66 valence electrons. The molecule has 4 heteroatoms. The van der Waals surface area contributed by atoms with Crippen molar-refractivity contribution in [3.63, 3.8) is 0 Å². The summed E-state index contributed by atoms with van der Waals surface area (Å²) in [6.07, 6.45) is 0.817. The molecule has 13 heavy (non-hydrogen) atoms. The van der Waals surface area contributed by atoms with Crippen LogP contribution in [0.5, 0.6) is 0 Å². The molecule has 0 saturated heterocycles. The lowest BCUT2D eigenvalue weighted by atomic mass is 10.2. The predicted molar refractivity (Wildman–Crippen MR) is 56.6 cm³/mol. The summed E-state index contributed by atoms with van der Waals surface area (Å²) in [6.45, 7) is 0. The maximum atomic E-state index is 10.5. The van der Waals surface area contributed by atoms with Crippen LogP contribution in [0.1, 0.15) is 9.67 Å². The number of thiophene rings is 1. The van der Waals surface area contributed by atoms with Crippen molar-refractivity contribution in [1.29, 1.82) is 0 Å². The SMILES string of the molecule is Nc1cc(Cl)cc2sc(C=O)cc12. The van der Waals surface area contributed by atoms with Crippen LogP contribution in [-0.2, 0) is 0 Å². The van der Waals surface area contributed by atoms with E-state index < -0.39 is 0 Å². The second kappa shape index (κ2) is 3.01. The number of hydrogen-bond donors (Lipinski definition) is 1. The third-order valence-corrected chi connectivity index (χ3v) is 3.00. The highest BCUT2D eigenvalue weighted by atomic mass is 35.5. The molecule has 2 aromatic rings. The Hall–Kier alpha value is -1.06. The van der Waals surface area contributed by atoms with Crippen LogP contribution in [0.3, 0.4) is 0 Å². The van der Waals surface area contributed by atoms with Gasteiger partial charge < -0.3 is 5.73 Å². The fourth-order valence-corrected chi connectivity index (χ4v) is 2.45. The number of nitrogens with two attached hydrogens (primary N) is 1. The number of aldehydes is 1. The Morgan fingerprint density at radius 1 is 1.38 bits per heavy atom. The number of anilines is 1. The molecular formula is C9H6ClNOS. The fourth-order valence-electron chi connectivity index (χ4n) is 1.21. The molecule has 0 bridgehead atoms. The van der Waals surface area contributed by atoms with Crippen LogP contribution in [0.4, 0.5) is 5.69 Å². The van der Waals surface area contributed by atoms with Gasteiger partial charge >= 0.3 is 0 Å². The van der Waals surface area contributed by atoms with Gasteiger partial charge in [0, 0.05) is 20.8 Å². The van der Waals surface area contributed by atoms with Gasteiger partial charge in [0.25, 0.3) is 0 Å². The van der Waals surface area contributed by atoms with E-state index in [1.807, 2.05) is 6.07 Å². The number of halogens is 1. The van der Waals surface area contributed by atoms with Gasteiger partial charge in [-0.1, -0.05) is 11.6 Å². The van der Waals surface area contributed by atoms with Crippen LogP contribution < -0.4 is 5.73 Å². The zero-order valence-electron chi connectivity index (χ0n) is 6.58. The van der Waals surface area contributed by atoms with Crippen molar-refractivity contribution in [2.24, 2.45) is 0 Å². The summed E-state index contributed by atoms with van der Waals surface area (Å²) in [4.78, 5) is 11.2. The smallest absolute Gasteiger partial charge is 0.160 e. The van der Waals surface area contributed by atoms with Gasteiger partial charge in [0.05, 0.1) is 4.88 Å². The summed E-state index contributed by atoms with van der Waals surface area (Å²) in [5, 5.41) is 1.50. The van der Waals surface area contributed by atoms with E-state index in [2.05, 4.69) is 0 Å². The molecule has 0 amide bonds. The Kier molecular flexibility index (Phi) is 1.98. The summed E-state index contributed by atoms with van der Waals surface area (Å²) in [7, 11) is 0. The Balaban J connectivity index is 2.82. The molecule has 0 aliphatic rings. The maximum Gasteiger partial charge on any atom is 0.160 e. The van der Waals surface area contributed by atoms with E-state index in [4.69, 9.17) is 17.3 Å². The second-order valence-electron chi connectivity index (χ2n) is 2.67. The van der Waals surface area contributed by atoms with E-state index in [0.29, 0.717) is 15.6 Å². The lowest BCUT2D eigenvalue weighted by Gasteiger charge is -1.95. The number of fused-ring (bicyclic) bond motifs is 1. The normalized spacial score (nSPS) is 10.5. The molecule has 1 heterocycles. The topological polar surface area (TPSA) is 43.1 Å². The maximum absolute atomic E-state index is 10.5. The number of hydrogen-bond acceptors (Lipinski definition) is 3. The summed E-state index contributed by atoms with van der Waals surface area (Å²) in [5.74, 6) is 0. The Morgan fingerprint density at radius 2 is 2.15 bits per heavy atom. The Labute approximate surface area is 83.9 Å². The first-order valence-electron chi connectivity index (χ1n) is 3.64. The number of nitrogen functional groups attached to an aromatic ring is 1. The van der Waals surface area contributed by atoms with E-state index in [9.17, 15) is 4.79 Å². The first kappa shape index (κ1) is 8.53. The number of rotatable bonds is 1. The first-order chi connectivity index (χ1) is 6.20. The standard InChI is InChI=1S/C9H6ClNOS/c10-5-1-8(11)7-3-6(4-12)13-9(7)2-5/h1-4H,11H2. The second-order valence-corrected chi connectivity index (χ2v) is 4.23. The van der Waals surface area contributed by atoms with Crippen molar-refractivity contribution in [3.8, 4) is 0 Å². The molecule has 2 N–H and O–H groups in total. The van der Waals surface area contributed by atoms with Crippen molar-refractivity contribution in [3.05, 3.63) is 28.1 Å². The highest BCUT2D eigenvalue weighted by molar-refractivity contribution is 7.20. The van der Waals surface area contributed by atoms with Gasteiger partial charge in [-0.2, -0.15) is 0 Å². The van der Waals surface area contributed by atoms with Gasteiger partial charge in [0.15, 0.2) is 6.29 Å². The van der Waals surface area contributed by atoms with Crippen LogP contribution in [-0.4, -0.2) is 6.29 Å². The molecule has 1 aromatic carbocycles. The molecule has 0 unspecified atom stereocenters. The van der Waals surface area contributed by atoms with Crippen LogP contribution in [0.25, 0.3) is 10.1 Å². The zero-order valence-corrected chi connectivity index (χ0v) is 8.15. The van der Waals surface area contributed by atoms with Crippen LogP contribution in [0, 0.1) is 0 Å². The minimum atomic E-state index is 0.601.